The van der Waals surface area contributed by atoms with Crippen molar-refractivity contribution in [3.05, 3.63) is 41.6 Å². The summed E-state index contributed by atoms with van der Waals surface area (Å²) in [5.41, 5.74) is 1.40. The Labute approximate surface area is 130 Å². The molecule has 0 saturated carbocycles. The highest BCUT2D eigenvalue weighted by atomic mass is 32.2. The number of allylic oxidation sites excluding steroid dienone is 1. The second-order valence-corrected chi connectivity index (χ2v) is 6.90. The molecule has 1 fully saturated rings. The lowest BCUT2D eigenvalue weighted by molar-refractivity contribution is -0.156. The Kier molecular flexibility index (Phi) is 5.74. The summed E-state index contributed by atoms with van der Waals surface area (Å²) in [5.74, 6) is 1.85. The monoisotopic (exact) mass is 325 g/mol. The predicted molar refractivity (Wildman–Crippen MR) is 80.7 cm³/mol. The molecule has 1 aromatic rings. The smallest absolute Gasteiger partial charge is 0.264 e. The van der Waals surface area contributed by atoms with Gasteiger partial charge in [-0.05, 0) is 17.9 Å². The van der Waals surface area contributed by atoms with Gasteiger partial charge < -0.3 is 0 Å². The van der Waals surface area contributed by atoms with Crippen LogP contribution in [0.2, 0.25) is 0 Å². The van der Waals surface area contributed by atoms with E-state index in [0.717, 1.165) is 11.8 Å². The number of piperidine rings is 1. The quantitative estimate of drug-likeness (QED) is 0.583. The SMILES string of the molecule is CS(=O)(=O)OCC1CCN(OCc2ccccc2)C(=C=O)C1. The second-order valence-electron chi connectivity index (χ2n) is 5.26. The van der Waals surface area contributed by atoms with Crippen molar-refractivity contribution in [3.8, 4) is 0 Å². The van der Waals surface area contributed by atoms with Gasteiger partial charge in [-0.2, -0.15) is 8.42 Å². The Hall–Kier alpha value is -1.66. The Bertz CT molecular complexity index is 637. The second kappa shape index (κ2) is 7.56. The Morgan fingerprint density at radius 1 is 1.32 bits per heavy atom. The predicted octanol–water partition coefficient (Wildman–Crippen LogP) is 1.52. The number of nitrogens with zero attached hydrogens (tertiary/aromatic N) is 1. The summed E-state index contributed by atoms with van der Waals surface area (Å²) in [7, 11) is -3.46. The maximum Gasteiger partial charge on any atom is 0.264 e. The number of hydrogen-bond donors (Lipinski definition) is 0. The van der Waals surface area contributed by atoms with Gasteiger partial charge in [-0.25, -0.2) is 9.86 Å². The van der Waals surface area contributed by atoms with Gasteiger partial charge in [0.25, 0.3) is 10.1 Å². The van der Waals surface area contributed by atoms with Gasteiger partial charge in [0.2, 0.25) is 0 Å². The van der Waals surface area contributed by atoms with Crippen LogP contribution in [0.25, 0.3) is 0 Å². The van der Waals surface area contributed by atoms with Crippen LogP contribution in [0.3, 0.4) is 0 Å². The molecule has 0 bridgehead atoms. The Balaban J connectivity index is 1.87. The molecule has 0 aromatic heterocycles. The first-order chi connectivity index (χ1) is 10.5. The van der Waals surface area contributed by atoms with E-state index >= 15 is 0 Å². The van der Waals surface area contributed by atoms with E-state index in [4.69, 9.17) is 9.02 Å². The zero-order valence-electron chi connectivity index (χ0n) is 12.4. The van der Waals surface area contributed by atoms with E-state index in [1.54, 1.807) is 0 Å². The van der Waals surface area contributed by atoms with Gasteiger partial charge >= 0.3 is 0 Å². The lowest BCUT2D eigenvalue weighted by Gasteiger charge is -2.32. The average molecular weight is 325 g/mol. The maximum absolute atomic E-state index is 11.1. The van der Waals surface area contributed by atoms with Crippen molar-refractivity contribution >= 4 is 16.1 Å². The molecule has 1 aliphatic heterocycles. The minimum absolute atomic E-state index is 0.0252. The molecule has 2 rings (SSSR count). The van der Waals surface area contributed by atoms with Crippen molar-refractivity contribution in [2.24, 2.45) is 5.92 Å². The fourth-order valence-corrected chi connectivity index (χ4v) is 2.68. The first kappa shape index (κ1) is 16.7. The molecule has 22 heavy (non-hydrogen) atoms. The van der Waals surface area contributed by atoms with Gasteiger partial charge in [-0.15, -0.1) is 0 Å². The molecule has 0 aliphatic carbocycles. The van der Waals surface area contributed by atoms with Crippen LogP contribution >= 0.6 is 0 Å². The van der Waals surface area contributed by atoms with Crippen molar-refractivity contribution in [2.45, 2.75) is 19.4 Å². The van der Waals surface area contributed by atoms with Crippen molar-refractivity contribution in [1.82, 2.24) is 5.06 Å². The molecule has 1 aromatic carbocycles. The molecule has 0 spiro atoms. The number of hydrogen-bond acceptors (Lipinski definition) is 6. The van der Waals surface area contributed by atoms with E-state index in [2.05, 4.69) is 0 Å². The molecule has 0 N–H and O–H groups in total. The van der Waals surface area contributed by atoms with Crippen LogP contribution < -0.4 is 0 Å². The number of carbonyl (C=O) groups excluding carboxylic acids is 1. The summed E-state index contributed by atoms with van der Waals surface area (Å²) in [5, 5.41) is 1.54. The molecule has 0 radical (unpaired) electrons. The molecule has 1 heterocycles. The molecule has 1 unspecified atom stereocenters. The minimum Gasteiger partial charge on any atom is -0.270 e. The topological polar surface area (TPSA) is 72.9 Å². The van der Waals surface area contributed by atoms with Crippen LogP contribution in [0.4, 0.5) is 0 Å². The van der Waals surface area contributed by atoms with E-state index in [1.807, 2.05) is 36.3 Å². The van der Waals surface area contributed by atoms with Gasteiger partial charge in [0.05, 0.1) is 19.5 Å². The van der Waals surface area contributed by atoms with Gasteiger partial charge in [-0.3, -0.25) is 9.02 Å². The summed E-state index contributed by atoms with van der Waals surface area (Å²) in [6, 6.07) is 9.65. The summed E-state index contributed by atoms with van der Waals surface area (Å²) < 4.78 is 26.8. The van der Waals surface area contributed by atoms with Crippen LogP contribution in [-0.2, 0) is 30.5 Å². The van der Waals surface area contributed by atoms with E-state index < -0.39 is 10.1 Å². The molecule has 0 amide bonds. The van der Waals surface area contributed by atoms with Crippen LogP contribution in [0.15, 0.2) is 36.0 Å². The normalized spacial score (nSPS) is 19.0. The zero-order valence-corrected chi connectivity index (χ0v) is 13.2. The van der Waals surface area contributed by atoms with Gasteiger partial charge in [0.15, 0.2) is 0 Å². The van der Waals surface area contributed by atoms with Crippen LogP contribution in [0.1, 0.15) is 18.4 Å². The lowest BCUT2D eigenvalue weighted by Crippen LogP contribution is -2.34. The molecule has 120 valence electrons. The Morgan fingerprint density at radius 3 is 2.68 bits per heavy atom. The zero-order chi connectivity index (χ0) is 16.0. The van der Waals surface area contributed by atoms with Crippen LogP contribution in [-0.4, -0.2) is 38.8 Å². The van der Waals surface area contributed by atoms with E-state index in [0.29, 0.717) is 31.7 Å². The third-order valence-corrected chi connectivity index (χ3v) is 3.95. The van der Waals surface area contributed by atoms with Gasteiger partial charge in [0.1, 0.15) is 11.6 Å². The molecule has 1 aliphatic rings. The largest absolute Gasteiger partial charge is 0.270 e. The molecule has 1 atom stereocenters. The van der Waals surface area contributed by atoms with Crippen molar-refractivity contribution < 1.29 is 22.2 Å². The molecule has 1 saturated heterocycles. The van der Waals surface area contributed by atoms with E-state index in [1.165, 1.54) is 5.06 Å². The standard InChI is InChI=1S/C15H19NO5S/c1-22(18,19)21-12-14-7-8-16(15(9-14)10-17)20-11-13-5-3-2-4-6-13/h2-6,14H,7-9,11-12H2,1H3. The molecule has 6 nitrogen and oxygen atoms in total. The number of rotatable bonds is 6. The van der Waals surface area contributed by atoms with Crippen LogP contribution in [0, 0.1) is 5.92 Å². The molecular weight excluding hydrogens is 306 g/mol. The highest BCUT2D eigenvalue weighted by molar-refractivity contribution is 7.85. The van der Waals surface area contributed by atoms with Gasteiger partial charge in [0, 0.05) is 13.0 Å². The number of benzene rings is 1. The molecule has 7 heteroatoms. The van der Waals surface area contributed by atoms with Crippen LogP contribution in [0.5, 0.6) is 0 Å². The molecular formula is C15H19NO5S. The fourth-order valence-electron chi connectivity index (χ4n) is 2.24. The van der Waals surface area contributed by atoms with Crippen molar-refractivity contribution in [1.29, 1.82) is 0 Å². The fraction of sp³-hybridized carbons (Fsp3) is 0.467. The summed E-state index contributed by atoms with van der Waals surface area (Å²) in [4.78, 5) is 16.7. The maximum atomic E-state index is 11.1. The number of hydroxylamine groups is 2. The summed E-state index contributed by atoms with van der Waals surface area (Å²) >= 11 is 0. The lowest BCUT2D eigenvalue weighted by atomic mass is 9.97. The summed E-state index contributed by atoms with van der Waals surface area (Å²) in [6.07, 6.45) is 2.10. The first-order valence-corrected chi connectivity index (χ1v) is 8.82. The van der Waals surface area contributed by atoms with Crippen molar-refractivity contribution in [2.75, 3.05) is 19.4 Å². The van der Waals surface area contributed by atoms with Gasteiger partial charge in [-0.1, -0.05) is 30.3 Å². The van der Waals surface area contributed by atoms with Crippen molar-refractivity contribution in [3.63, 3.8) is 0 Å². The highest BCUT2D eigenvalue weighted by Crippen LogP contribution is 2.25. The third-order valence-electron chi connectivity index (χ3n) is 3.39. The van der Waals surface area contributed by atoms with E-state index in [9.17, 15) is 13.2 Å². The summed E-state index contributed by atoms with van der Waals surface area (Å²) in [6.45, 7) is 0.961. The first-order valence-electron chi connectivity index (χ1n) is 7.00. The minimum atomic E-state index is -3.46. The average Bonchev–Trinajstić information content (AvgIpc) is 2.51. The Morgan fingerprint density at radius 2 is 2.05 bits per heavy atom. The third kappa shape index (κ3) is 5.27. The highest BCUT2D eigenvalue weighted by Gasteiger charge is 2.26. The van der Waals surface area contributed by atoms with E-state index in [-0.39, 0.29) is 12.5 Å².